The summed E-state index contributed by atoms with van der Waals surface area (Å²) in [4.78, 5) is 27.7. The van der Waals surface area contributed by atoms with E-state index in [1.807, 2.05) is 0 Å². The normalized spacial score (nSPS) is 10.7. The molecule has 3 aromatic rings. The highest BCUT2D eigenvalue weighted by atomic mass is 35.5. The summed E-state index contributed by atoms with van der Waals surface area (Å²) in [5.74, 6) is 0.460. The first kappa shape index (κ1) is 28.6. The summed E-state index contributed by atoms with van der Waals surface area (Å²) >= 11 is 5.57. The van der Waals surface area contributed by atoms with Gasteiger partial charge in [0.05, 0.1) is 10.6 Å². The number of hydrogen-bond donors (Lipinski definition) is 3. The zero-order valence-electron chi connectivity index (χ0n) is 19.3. The van der Waals surface area contributed by atoms with Gasteiger partial charge in [-0.2, -0.15) is 13.2 Å². The van der Waals surface area contributed by atoms with Crippen molar-refractivity contribution in [3.63, 3.8) is 0 Å². The highest BCUT2D eigenvalue weighted by molar-refractivity contribution is 7.83. The molecule has 1 heterocycles. The number of aromatic nitrogens is 1. The molecule has 0 aliphatic rings. The first-order valence-corrected chi connectivity index (χ1v) is 12.4. The molecule has 3 N–H and O–H groups in total. The van der Waals surface area contributed by atoms with E-state index in [1.54, 1.807) is 42.8 Å². The van der Waals surface area contributed by atoms with Crippen molar-refractivity contribution in [3.8, 4) is 11.5 Å². The molecule has 0 bridgehead atoms. The van der Waals surface area contributed by atoms with Crippen molar-refractivity contribution in [1.29, 1.82) is 0 Å². The molecule has 36 heavy (non-hydrogen) atoms. The minimum absolute atomic E-state index is 0.0659. The van der Waals surface area contributed by atoms with Crippen molar-refractivity contribution >= 4 is 45.7 Å². The lowest BCUT2D eigenvalue weighted by atomic mass is 10.2. The van der Waals surface area contributed by atoms with Crippen molar-refractivity contribution in [2.75, 3.05) is 30.2 Å². The minimum atomic E-state index is -4.64. The second kappa shape index (κ2) is 12.9. The molecule has 0 spiro atoms. The Bertz CT molecular complexity index is 1240. The molecule has 0 saturated heterocycles. The number of rotatable bonds is 5. The predicted octanol–water partition coefficient (Wildman–Crippen LogP) is 5.54. The molecule has 0 atom stereocenters. The summed E-state index contributed by atoms with van der Waals surface area (Å²) in [6.07, 6.45) is 0.0676. The average Bonchev–Trinajstić information content (AvgIpc) is 2.80. The topological polar surface area (TPSA) is 109 Å². The van der Waals surface area contributed by atoms with E-state index in [2.05, 4.69) is 20.9 Å². The van der Waals surface area contributed by atoms with Crippen LogP contribution in [-0.2, 0) is 17.0 Å². The van der Waals surface area contributed by atoms with E-state index in [0.29, 0.717) is 17.2 Å². The SMILES string of the molecule is CNC(=O)c1cc(Oc2ccc(NC(=O)Nc3ccc(Cl)c(C(F)(F)F)c3)cc2)ccn1.CS(C)=O. The maximum absolute atomic E-state index is 12.9. The van der Waals surface area contributed by atoms with Crippen molar-refractivity contribution in [3.05, 3.63) is 77.1 Å². The van der Waals surface area contributed by atoms with E-state index in [1.165, 1.54) is 25.4 Å². The summed E-state index contributed by atoms with van der Waals surface area (Å²) in [5, 5.41) is 6.83. The van der Waals surface area contributed by atoms with Gasteiger partial charge in [0.2, 0.25) is 0 Å². The third-order valence-electron chi connectivity index (χ3n) is 4.07. The number of benzene rings is 2. The fraction of sp³-hybridized carbons (Fsp3) is 0.174. The fourth-order valence-electron chi connectivity index (χ4n) is 2.58. The molecule has 0 saturated carbocycles. The van der Waals surface area contributed by atoms with Gasteiger partial charge in [-0.3, -0.25) is 14.0 Å². The number of alkyl halides is 3. The second-order valence-corrected chi connectivity index (χ2v) is 8.99. The van der Waals surface area contributed by atoms with Gasteiger partial charge in [0, 0.05) is 54.0 Å². The Kier molecular flexibility index (Phi) is 10.2. The van der Waals surface area contributed by atoms with Crippen LogP contribution in [0.25, 0.3) is 0 Å². The lowest BCUT2D eigenvalue weighted by Crippen LogP contribution is -2.19. The molecule has 13 heteroatoms. The maximum atomic E-state index is 12.9. The van der Waals surface area contributed by atoms with E-state index < -0.39 is 33.6 Å². The van der Waals surface area contributed by atoms with E-state index in [4.69, 9.17) is 16.3 Å². The van der Waals surface area contributed by atoms with Gasteiger partial charge >= 0.3 is 12.2 Å². The van der Waals surface area contributed by atoms with Crippen LogP contribution in [0.3, 0.4) is 0 Å². The molecule has 0 fully saturated rings. The molecule has 8 nitrogen and oxygen atoms in total. The Hall–Kier alpha value is -3.64. The van der Waals surface area contributed by atoms with E-state index in [0.717, 1.165) is 12.1 Å². The molecule has 0 unspecified atom stereocenters. The van der Waals surface area contributed by atoms with Gasteiger partial charge in [0.15, 0.2) is 0 Å². The number of nitrogens with zero attached hydrogens (tertiary/aromatic N) is 1. The van der Waals surface area contributed by atoms with Gasteiger partial charge in [-0.05, 0) is 48.5 Å². The van der Waals surface area contributed by atoms with Crippen LogP contribution < -0.4 is 20.7 Å². The molecule has 2 aromatic carbocycles. The maximum Gasteiger partial charge on any atom is 0.417 e. The number of ether oxygens (including phenoxy) is 1. The molecule has 0 aliphatic carbocycles. The van der Waals surface area contributed by atoms with Crippen LogP contribution in [0.2, 0.25) is 5.02 Å². The first-order chi connectivity index (χ1) is 16.9. The summed E-state index contributed by atoms with van der Waals surface area (Å²) in [6, 6.07) is 11.6. The molecule has 3 rings (SSSR count). The predicted molar refractivity (Wildman–Crippen MR) is 133 cm³/mol. The van der Waals surface area contributed by atoms with Crippen molar-refractivity contribution in [2.24, 2.45) is 0 Å². The molecule has 0 aliphatic heterocycles. The Balaban J connectivity index is 0.00000106. The van der Waals surface area contributed by atoms with Crippen LogP contribution in [0.15, 0.2) is 60.8 Å². The number of amides is 3. The van der Waals surface area contributed by atoms with Gasteiger partial charge in [-0.15, -0.1) is 0 Å². The highest BCUT2D eigenvalue weighted by Crippen LogP contribution is 2.36. The highest BCUT2D eigenvalue weighted by Gasteiger charge is 2.33. The van der Waals surface area contributed by atoms with Crippen LogP contribution in [0.5, 0.6) is 11.5 Å². The number of hydrogen-bond acceptors (Lipinski definition) is 5. The average molecular weight is 543 g/mol. The van der Waals surface area contributed by atoms with Crippen LogP contribution in [0.4, 0.5) is 29.3 Å². The Morgan fingerprint density at radius 3 is 2.11 bits per heavy atom. The van der Waals surface area contributed by atoms with Gasteiger partial charge in [0.25, 0.3) is 5.91 Å². The molecular weight excluding hydrogens is 521 g/mol. The summed E-state index contributed by atoms with van der Waals surface area (Å²) in [7, 11) is 0.877. The summed E-state index contributed by atoms with van der Waals surface area (Å²) in [5.41, 5.74) is -0.547. The minimum Gasteiger partial charge on any atom is -0.457 e. The van der Waals surface area contributed by atoms with Gasteiger partial charge in [0.1, 0.15) is 17.2 Å². The van der Waals surface area contributed by atoms with Crippen LogP contribution in [-0.4, -0.2) is 40.7 Å². The van der Waals surface area contributed by atoms with E-state index in [9.17, 15) is 27.0 Å². The number of nitrogens with one attached hydrogen (secondary N) is 3. The quantitative estimate of drug-likeness (QED) is 0.392. The van der Waals surface area contributed by atoms with Crippen molar-refractivity contribution in [2.45, 2.75) is 6.18 Å². The van der Waals surface area contributed by atoms with Gasteiger partial charge in [-0.25, -0.2) is 4.79 Å². The van der Waals surface area contributed by atoms with Crippen LogP contribution in [0, 0.1) is 0 Å². The molecular formula is C23H22ClF3N4O4S. The number of pyridine rings is 1. The first-order valence-electron chi connectivity index (χ1n) is 10.0. The number of anilines is 2. The van der Waals surface area contributed by atoms with Crippen molar-refractivity contribution < 1.29 is 31.7 Å². The fourth-order valence-corrected chi connectivity index (χ4v) is 2.81. The van der Waals surface area contributed by atoms with E-state index in [-0.39, 0.29) is 17.3 Å². The lowest BCUT2D eigenvalue weighted by Gasteiger charge is -2.12. The summed E-state index contributed by atoms with van der Waals surface area (Å²) < 4.78 is 54.0. The van der Waals surface area contributed by atoms with Gasteiger partial charge < -0.3 is 20.7 Å². The molecule has 1 aromatic heterocycles. The molecule has 192 valence electrons. The Morgan fingerprint density at radius 2 is 1.53 bits per heavy atom. The Morgan fingerprint density at radius 1 is 0.944 bits per heavy atom. The van der Waals surface area contributed by atoms with Crippen molar-refractivity contribution in [1.82, 2.24) is 10.3 Å². The summed E-state index contributed by atoms with van der Waals surface area (Å²) in [6.45, 7) is 0. The van der Waals surface area contributed by atoms with Gasteiger partial charge in [-0.1, -0.05) is 11.6 Å². The second-order valence-electron chi connectivity index (χ2n) is 7.10. The lowest BCUT2D eigenvalue weighted by molar-refractivity contribution is -0.137. The van der Waals surface area contributed by atoms with E-state index >= 15 is 0 Å². The largest absolute Gasteiger partial charge is 0.457 e. The molecule has 3 amide bonds. The smallest absolute Gasteiger partial charge is 0.417 e. The monoisotopic (exact) mass is 542 g/mol. The van der Waals surface area contributed by atoms with Crippen LogP contribution in [0.1, 0.15) is 16.1 Å². The zero-order chi connectivity index (χ0) is 26.9. The Labute approximate surface area is 212 Å². The number of halogens is 4. The third kappa shape index (κ3) is 9.19. The molecule has 0 radical (unpaired) electrons. The number of urea groups is 1. The number of carbonyl (C=O) groups excluding carboxylic acids is 2. The third-order valence-corrected chi connectivity index (χ3v) is 4.40. The number of carbonyl (C=O) groups is 2. The van der Waals surface area contributed by atoms with Crippen LogP contribution >= 0.6 is 11.6 Å². The zero-order valence-corrected chi connectivity index (χ0v) is 20.8. The standard InChI is InChI=1S/C21H16ClF3N4O3.C2H6OS/c1-26-19(30)18-11-15(8-9-27-18)32-14-5-2-12(3-6-14)28-20(31)29-13-4-7-17(22)16(10-13)21(23,24)25;1-4(2)3/h2-11H,1H3,(H,26,30)(H2,28,29,31);1-2H3.